The summed E-state index contributed by atoms with van der Waals surface area (Å²) in [5.74, 6) is 2.03. The van der Waals surface area contributed by atoms with Gasteiger partial charge in [-0.3, -0.25) is 0 Å². The Morgan fingerprint density at radius 1 is 0.556 bits per heavy atom. The molecular formula is C39H24BrN3S2. The molecule has 9 rings (SSSR count). The van der Waals surface area contributed by atoms with Crippen LogP contribution in [0.2, 0.25) is 0 Å². The van der Waals surface area contributed by atoms with Crippen LogP contribution in [-0.2, 0) is 6.42 Å². The summed E-state index contributed by atoms with van der Waals surface area (Å²) in [6, 6.07) is 38.5. The SMILES string of the molecule is Brc1ccc2sc3cccc(-c4ccc(-c5nc(-c6ccccc6)nc(-c6ccc7sc8c(c7c6)C=CCC8)n5)cc4)c3c2c1. The molecule has 0 radical (unpaired) electrons. The fourth-order valence-corrected chi connectivity index (χ4v) is 8.94. The molecule has 0 fully saturated rings. The molecule has 45 heavy (non-hydrogen) atoms. The van der Waals surface area contributed by atoms with E-state index in [9.17, 15) is 0 Å². The second-order valence-corrected chi connectivity index (χ2v) is 14.4. The summed E-state index contributed by atoms with van der Waals surface area (Å²) < 4.78 is 4.98. The van der Waals surface area contributed by atoms with Gasteiger partial charge in [0, 0.05) is 56.3 Å². The van der Waals surface area contributed by atoms with Gasteiger partial charge < -0.3 is 0 Å². The van der Waals surface area contributed by atoms with Gasteiger partial charge in [-0.25, -0.2) is 15.0 Å². The Hall–Kier alpha value is -4.49. The highest BCUT2D eigenvalue weighted by atomic mass is 79.9. The van der Waals surface area contributed by atoms with Gasteiger partial charge in [-0.05, 0) is 72.0 Å². The molecule has 0 aliphatic heterocycles. The first-order valence-corrected chi connectivity index (χ1v) is 17.4. The summed E-state index contributed by atoms with van der Waals surface area (Å²) >= 11 is 7.41. The summed E-state index contributed by atoms with van der Waals surface area (Å²) in [6.07, 6.45) is 6.77. The van der Waals surface area contributed by atoms with Gasteiger partial charge in [-0.2, -0.15) is 0 Å². The highest BCUT2D eigenvalue weighted by molar-refractivity contribution is 9.10. The van der Waals surface area contributed by atoms with E-state index in [4.69, 9.17) is 15.0 Å². The van der Waals surface area contributed by atoms with Crippen molar-refractivity contribution in [1.29, 1.82) is 0 Å². The second kappa shape index (κ2) is 10.8. The van der Waals surface area contributed by atoms with E-state index in [1.807, 2.05) is 40.9 Å². The minimum Gasteiger partial charge on any atom is -0.208 e. The predicted molar refractivity (Wildman–Crippen MR) is 195 cm³/mol. The van der Waals surface area contributed by atoms with Crippen molar-refractivity contribution in [1.82, 2.24) is 15.0 Å². The molecule has 0 saturated heterocycles. The number of hydrogen-bond acceptors (Lipinski definition) is 5. The lowest BCUT2D eigenvalue weighted by atomic mass is 9.98. The number of thiophene rings is 2. The molecule has 0 spiro atoms. The number of aryl methyl sites for hydroxylation is 1. The van der Waals surface area contributed by atoms with Crippen molar-refractivity contribution in [2.45, 2.75) is 12.8 Å². The zero-order valence-corrected chi connectivity index (χ0v) is 27.2. The topological polar surface area (TPSA) is 38.7 Å². The molecular weight excluding hydrogens is 654 g/mol. The number of hydrogen-bond donors (Lipinski definition) is 0. The Labute approximate surface area is 276 Å². The molecule has 214 valence electrons. The van der Waals surface area contributed by atoms with Gasteiger partial charge in [0.25, 0.3) is 0 Å². The van der Waals surface area contributed by atoms with E-state index >= 15 is 0 Å². The molecule has 1 aliphatic carbocycles. The molecule has 8 aromatic rings. The molecule has 0 saturated carbocycles. The fraction of sp³-hybridized carbons (Fsp3) is 0.0513. The normalized spacial score (nSPS) is 12.7. The molecule has 3 nitrogen and oxygen atoms in total. The maximum atomic E-state index is 5.06. The minimum atomic E-state index is 0.667. The summed E-state index contributed by atoms with van der Waals surface area (Å²) in [4.78, 5) is 16.5. The van der Waals surface area contributed by atoms with Crippen LogP contribution in [0.15, 0.2) is 120 Å². The molecule has 0 unspecified atom stereocenters. The molecule has 0 amide bonds. The number of halogens is 1. The highest BCUT2D eigenvalue weighted by Crippen LogP contribution is 2.42. The van der Waals surface area contributed by atoms with Crippen molar-refractivity contribution in [2.24, 2.45) is 0 Å². The van der Waals surface area contributed by atoms with Crippen molar-refractivity contribution in [3.8, 4) is 45.3 Å². The maximum Gasteiger partial charge on any atom is 0.164 e. The molecule has 1 aliphatic rings. The number of aromatic nitrogens is 3. The van der Waals surface area contributed by atoms with E-state index in [1.54, 1.807) is 0 Å². The standard InChI is InChI=1S/C39H24BrN3S2/c40-27-18-20-34-31(22-27)36-28(10-6-12-35(36)45-34)23-13-15-25(16-14-23)38-41-37(24-7-2-1-3-8-24)42-39(43-38)26-17-19-33-30(21-26)29-9-4-5-11-32(29)44-33/h1-4,6-10,12-22H,5,11H2. The van der Waals surface area contributed by atoms with Crippen molar-refractivity contribution in [2.75, 3.05) is 0 Å². The van der Waals surface area contributed by atoms with E-state index in [1.165, 1.54) is 51.8 Å². The summed E-state index contributed by atoms with van der Waals surface area (Å²) in [6.45, 7) is 0. The lowest BCUT2D eigenvalue weighted by Gasteiger charge is -2.10. The van der Waals surface area contributed by atoms with Crippen LogP contribution in [-0.4, -0.2) is 15.0 Å². The Morgan fingerprint density at radius 2 is 1.24 bits per heavy atom. The van der Waals surface area contributed by atoms with Crippen molar-refractivity contribution < 1.29 is 0 Å². The quantitative estimate of drug-likeness (QED) is 0.186. The number of nitrogens with zero attached hydrogens (tertiary/aromatic N) is 3. The monoisotopic (exact) mass is 677 g/mol. The summed E-state index contributed by atoms with van der Waals surface area (Å²) in [7, 11) is 0. The van der Waals surface area contributed by atoms with E-state index in [-0.39, 0.29) is 0 Å². The van der Waals surface area contributed by atoms with E-state index in [2.05, 4.69) is 119 Å². The van der Waals surface area contributed by atoms with Gasteiger partial charge >= 0.3 is 0 Å². The lowest BCUT2D eigenvalue weighted by molar-refractivity contribution is 1.02. The Bertz CT molecular complexity index is 2440. The summed E-state index contributed by atoms with van der Waals surface area (Å²) in [5.41, 5.74) is 6.67. The molecule has 0 N–H and O–H groups in total. The highest BCUT2D eigenvalue weighted by Gasteiger charge is 2.17. The average Bonchev–Trinajstić information content (AvgIpc) is 3.66. The van der Waals surface area contributed by atoms with E-state index < -0.39 is 0 Å². The second-order valence-electron chi connectivity index (χ2n) is 11.3. The van der Waals surface area contributed by atoms with Crippen LogP contribution in [0.5, 0.6) is 0 Å². The largest absolute Gasteiger partial charge is 0.208 e. The Morgan fingerprint density at radius 3 is 2.07 bits per heavy atom. The van der Waals surface area contributed by atoms with Gasteiger partial charge in [-0.1, -0.05) is 94.8 Å². The van der Waals surface area contributed by atoms with Crippen LogP contribution in [0.4, 0.5) is 0 Å². The van der Waals surface area contributed by atoms with Gasteiger partial charge in [0.1, 0.15) is 0 Å². The smallest absolute Gasteiger partial charge is 0.164 e. The van der Waals surface area contributed by atoms with Gasteiger partial charge in [-0.15, -0.1) is 22.7 Å². The number of rotatable bonds is 4. The number of benzene rings is 5. The molecule has 0 atom stereocenters. The third-order valence-electron chi connectivity index (χ3n) is 8.46. The van der Waals surface area contributed by atoms with Crippen LogP contribution in [0.25, 0.3) is 81.6 Å². The van der Waals surface area contributed by atoms with Crippen LogP contribution < -0.4 is 0 Å². The predicted octanol–water partition coefficient (Wildman–Crippen LogP) is 11.8. The molecule has 0 bridgehead atoms. The Balaban J connectivity index is 1.17. The first-order valence-electron chi connectivity index (χ1n) is 14.9. The number of fused-ring (bicyclic) bond motifs is 6. The van der Waals surface area contributed by atoms with E-state index in [0.29, 0.717) is 17.5 Å². The average molecular weight is 679 g/mol. The molecule has 3 aromatic heterocycles. The van der Waals surface area contributed by atoms with Gasteiger partial charge in [0.15, 0.2) is 17.5 Å². The minimum absolute atomic E-state index is 0.667. The van der Waals surface area contributed by atoms with Crippen molar-refractivity contribution in [3.05, 3.63) is 130 Å². The van der Waals surface area contributed by atoms with Crippen LogP contribution in [0.3, 0.4) is 0 Å². The first-order chi connectivity index (χ1) is 22.2. The van der Waals surface area contributed by atoms with Gasteiger partial charge in [0.2, 0.25) is 0 Å². The zero-order chi connectivity index (χ0) is 29.9. The van der Waals surface area contributed by atoms with Crippen molar-refractivity contribution in [3.63, 3.8) is 0 Å². The van der Waals surface area contributed by atoms with Crippen LogP contribution >= 0.6 is 38.6 Å². The third kappa shape index (κ3) is 4.72. The fourth-order valence-electron chi connectivity index (χ4n) is 6.28. The zero-order valence-electron chi connectivity index (χ0n) is 24.0. The van der Waals surface area contributed by atoms with E-state index in [0.717, 1.165) is 34.0 Å². The number of allylic oxidation sites excluding steroid dienone is 1. The van der Waals surface area contributed by atoms with Crippen molar-refractivity contribution >= 4 is 74.9 Å². The summed E-state index contributed by atoms with van der Waals surface area (Å²) in [5, 5.41) is 3.84. The maximum absolute atomic E-state index is 5.06. The van der Waals surface area contributed by atoms with Gasteiger partial charge in [0.05, 0.1) is 0 Å². The molecule has 6 heteroatoms. The molecule has 5 aromatic carbocycles. The Kier molecular flexibility index (Phi) is 6.48. The van der Waals surface area contributed by atoms with Crippen LogP contribution in [0, 0.1) is 0 Å². The molecule has 3 heterocycles. The third-order valence-corrected chi connectivity index (χ3v) is 11.3. The lowest BCUT2D eigenvalue weighted by Crippen LogP contribution is -2.00. The first kappa shape index (κ1) is 26.9. The van der Waals surface area contributed by atoms with Crippen LogP contribution in [0.1, 0.15) is 16.9 Å².